The number of anilines is 1. The van der Waals surface area contributed by atoms with E-state index in [1.165, 1.54) is 4.57 Å². The molecular weight excluding hydrogens is 334 g/mol. The number of aromatic nitrogens is 1. The first kappa shape index (κ1) is 15.6. The Morgan fingerprint density at radius 3 is 2.35 bits per heavy atom. The lowest BCUT2D eigenvalue weighted by Gasteiger charge is -2.13. The molecule has 7 heteroatoms. The highest BCUT2D eigenvalue weighted by atomic mass is 16.3. The zero-order chi connectivity index (χ0) is 18.4. The van der Waals surface area contributed by atoms with Gasteiger partial charge in [0.05, 0.1) is 16.8 Å². The molecule has 0 saturated heterocycles. The van der Waals surface area contributed by atoms with Crippen molar-refractivity contribution in [1.82, 2.24) is 9.88 Å². The molecule has 2 amide bonds. The van der Waals surface area contributed by atoms with Gasteiger partial charge >= 0.3 is 0 Å². The molecule has 0 radical (unpaired) electrons. The minimum absolute atomic E-state index is 0.00429. The first-order valence-corrected chi connectivity index (χ1v) is 7.77. The second-order valence-corrected chi connectivity index (χ2v) is 5.87. The number of aromatic hydroxyl groups is 1. The van der Waals surface area contributed by atoms with Gasteiger partial charge in [-0.3, -0.25) is 24.3 Å². The number of phenols is 1. The SMILES string of the molecule is Nc1c2c(cc(=O)n1-c1cccc(-c3ccc(O)cc3)c1)C(=O)NC2=O. The lowest BCUT2D eigenvalue weighted by Crippen LogP contribution is -2.24. The molecule has 7 nitrogen and oxygen atoms in total. The predicted molar refractivity (Wildman–Crippen MR) is 95.3 cm³/mol. The van der Waals surface area contributed by atoms with Crippen LogP contribution in [0.2, 0.25) is 0 Å². The van der Waals surface area contributed by atoms with E-state index in [2.05, 4.69) is 5.32 Å². The predicted octanol–water partition coefficient (Wildman–Crippen LogP) is 1.68. The van der Waals surface area contributed by atoms with E-state index >= 15 is 0 Å². The number of imide groups is 1. The average molecular weight is 347 g/mol. The highest BCUT2D eigenvalue weighted by Gasteiger charge is 2.31. The Bertz CT molecular complexity index is 1130. The minimum atomic E-state index is -0.626. The van der Waals surface area contributed by atoms with E-state index in [1.54, 1.807) is 42.5 Å². The third kappa shape index (κ3) is 2.34. The van der Waals surface area contributed by atoms with Gasteiger partial charge in [0.2, 0.25) is 0 Å². The van der Waals surface area contributed by atoms with Gasteiger partial charge in [-0.2, -0.15) is 0 Å². The zero-order valence-electron chi connectivity index (χ0n) is 13.4. The molecule has 26 heavy (non-hydrogen) atoms. The Kier molecular flexibility index (Phi) is 3.37. The lowest BCUT2D eigenvalue weighted by molar-refractivity contribution is 0.0880. The van der Waals surface area contributed by atoms with Gasteiger partial charge in [0.15, 0.2) is 0 Å². The molecule has 0 atom stereocenters. The molecule has 4 rings (SSSR count). The summed E-state index contributed by atoms with van der Waals surface area (Å²) in [6.07, 6.45) is 0. The maximum Gasteiger partial charge on any atom is 0.262 e. The highest BCUT2D eigenvalue weighted by molar-refractivity contribution is 6.23. The van der Waals surface area contributed by atoms with E-state index in [0.29, 0.717) is 5.69 Å². The van der Waals surface area contributed by atoms with Crippen LogP contribution in [-0.2, 0) is 0 Å². The van der Waals surface area contributed by atoms with E-state index in [-0.39, 0.29) is 22.7 Å². The van der Waals surface area contributed by atoms with Crippen molar-refractivity contribution in [3.63, 3.8) is 0 Å². The van der Waals surface area contributed by atoms with Crippen LogP contribution in [0.25, 0.3) is 16.8 Å². The van der Waals surface area contributed by atoms with Crippen molar-refractivity contribution in [3.8, 4) is 22.6 Å². The number of nitrogen functional groups attached to an aromatic ring is 1. The summed E-state index contributed by atoms with van der Waals surface area (Å²) in [4.78, 5) is 36.2. The summed E-state index contributed by atoms with van der Waals surface area (Å²) < 4.78 is 1.20. The molecule has 0 fully saturated rings. The summed E-state index contributed by atoms with van der Waals surface area (Å²) in [6.45, 7) is 0. The van der Waals surface area contributed by atoms with Crippen LogP contribution in [0.1, 0.15) is 20.7 Å². The van der Waals surface area contributed by atoms with Crippen molar-refractivity contribution in [1.29, 1.82) is 0 Å². The summed E-state index contributed by atoms with van der Waals surface area (Å²) in [6, 6.07) is 14.8. The number of carbonyl (C=O) groups is 2. The van der Waals surface area contributed by atoms with Crippen LogP contribution >= 0.6 is 0 Å². The second-order valence-electron chi connectivity index (χ2n) is 5.87. The van der Waals surface area contributed by atoms with Crippen LogP contribution < -0.4 is 16.6 Å². The number of nitrogens with zero attached hydrogens (tertiary/aromatic N) is 1. The molecule has 3 aromatic rings. The van der Waals surface area contributed by atoms with Gasteiger partial charge in [0, 0.05) is 6.07 Å². The molecule has 0 aliphatic carbocycles. The number of pyridine rings is 1. The number of nitrogens with one attached hydrogen (secondary N) is 1. The first-order valence-electron chi connectivity index (χ1n) is 7.77. The standard InChI is InChI=1S/C19H13N3O4/c20-17-16-14(18(25)21-19(16)26)9-15(24)22(17)12-3-1-2-11(8-12)10-4-6-13(23)7-5-10/h1-9,23H,20H2,(H,21,25,26). The molecule has 128 valence electrons. The molecular formula is C19H13N3O4. The average Bonchev–Trinajstić information content (AvgIpc) is 2.90. The van der Waals surface area contributed by atoms with Crippen molar-refractivity contribution in [3.05, 3.63) is 76.1 Å². The van der Waals surface area contributed by atoms with Gasteiger partial charge in [0.25, 0.3) is 17.4 Å². The number of benzene rings is 2. The Morgan fingerprint density at radius 1 is 0.885 bits per heavy atom. The fraction of sp³-hybridized carbons (Fsp3) is 0. The van der Waals surface area contributed by atoms with Crippen LogP contribution in [-0.4, -0.2) is 21.5 Å². The lowest BCUT2D eigenvalue weighted by atomic mass is 10.0. The summed E-state index contributed by atoms with van der Waals surface area (Å²) in [5.41, 5.74) is 7.64. The van der Waals surface area contributed by atoms with Crippen molar-refractivity contribution in [2.75, 3.05) is 5.73 Å². The van der Waals surface area contributed by atoms with Crippen molar-refractivity contribution >= 4 is 17.6 Å². The Hall–Kier alpha value is -3.87. The maximum absolute atomic E-state index is 12.5. The molecule has 0 saturated carbocycles. The smallest absolute Gasteiger partial charge is 0.262 e. The van der Waals surface area contributed by atoms with E-state index in [0.717, 1.165) is 17.2 Å². The molecule has 4 N–H and O–H groups in total. The molecule has 0 bridgehead atoms. The van der Waals surface area contributed by atoms with Crippen LogP contribution in [0.4, 0.5) is 5.82 Å². The van der Waals surface area contributed by atoms with Crippen LogP contribution in [0.15, 0.2) is 59.4 Å². The van der Waals surface area contributed by atoms with Crippen LogP contribution in [0.3, 0.4) is 0 Å². The van der Waals surface area contributed by atoms with Crippen molar-refractivity contribution < 1.29 is 14.7 Å². The number of hydrogen-bond acceptors (Lipinski definition) is 5. The number of rotatable bonds is 2. The monoisotopic (exact) mass is 347 g/mol. The van der Waals surface area contributed by atoms with E-state index in [1.807, 2.05) is 6.07 Å². The van der Waals surface area contributed by atoms with Gasteiger partial charge in [-0.15, -0.1) is 0 Å². The van der Waals surface area contributed by atoms with Crippen molar-refractivity contribution in [2.45, 2.75) is 0 Å². The molecule has 1 aromatic heterocycles. The first-order chi connectivity index (χ1) is 12.5. The number of fused-ring (bicyclic) bond motifs is 1. The van der Waals surface area contributed by atoms with E-state index in [9.17, 15) is 19.5 Å². The molecule has 0 unspecified atom stereocenters. The highest BCUT2D eigenvalue weighted by Crippen LogP contribution is 2.26. The fourth-order valence-electron chi connectivity index (χ4n) is 3.02. The van der Waals surface area contributed by atoms with Gasteiger partial charge < -0.3 is 10.8 Å². The number of amides is 2. The van der Waals surface area contributed by atoms with E-state index < -0.39 is 17.4 Å². The second kappa shape index (κ2) is 5.59. The molecule has 1 aliphatic heterocycles. The summed E-state index contributed by atoms with van der Waals surface area (Å²) in [5, 5.41) is 11.6. The summed E-state index contributed by atoms with van der Waals surface area (Å²) >= 11 is 0. The van der Waals surface area contributed by atoms with Gasteiger partial charge in [-0.1, -0.05) is 24.3 Å². The largest absolute Gasteiger partial charge is 0.508 e. The Labute approximate surface area is 147 Å². The number of hydrogen-bond donors (Lipinski definition) is 3. The third-order valence-electron chi connectivity index (χ3n) is 4.26. The van der Waals surface area contributed by atoms with Crippen molar-refractivity contribution in [2.24, 2.45) is 0 Å². The van der Waals surface area contributed by atoms with Gasteiger partial charge in [-0.25, -0.2) is 0 Å². The quantitative estimate of drug-likeness (QED) is 0.610. The summed E-state index contributed by atoms with van der Waals surface area (Å²) in [5.74, 6) is -1.18. The Balaban J connectivity index is 1.90. The maximum atomic E-state index is 12.5. The van der Waals surface area contributed by atoms with Gasteiger partial charge in [0.1, 0.15) is 11.6 Å². The molecule has 2 heterocycles. The molecule has 1 aliphatic rings. The van der Waals surface area contributed by atoms with E-state index in [4.69, 9.17) is 5.73 Å². The third-order valence-corrected chi connectivity index (χ3v) is 4.26. The number of nitrogens with two attached hydrogens (primary N) is 1. The number of phenolic OH excluding ortho intramolecular Hbond substituents is 1. The molecule has 2 aromatic carbocycles. The zero-order valence-corrected chi connectivity index (χ0v) is 13.4. The fourth-order valence-corrected chi connectivity index (χ4v) is 3.02. The van der Waals surface area contributed by atoms with Crippen LogP contribution in [0.5, 0.6) is 5.75 Å². The number of carbonyl (C=O) groups excluding carboxylic acids is 2. The van der Waals surface area contributed by atoms with Crippen LogP contribution in [0, 0.1) is 0 Å². The van der Waals surface area contributed by atoms with Gasteiger partial charge in [-0.05, 0) is 35.4 Å². The summed E-state index contributed by atoms with van der Waals surface area (Å²) in [7, 11) is 0. The molecule has 0 spiro atoms. The normalized spacial score (nSPS) is 12.8. The Morgan fingerprint density at radius 2 is 1.62 bits per heavy atom. The topological polar surface area (TPSA) is 114 Å². The minimum Gasteiger partial charge on any atom is -0.508 e.